The molecule has 21 heavy (non-hydrogen) atoms. The second-order valence-corrected chi connectivity index (χ2v) is 5.97. The summed E-state index contributed by atoms with van der Waals surface area (Å²) in [5, 5.41) is 12.1. The zero-order valence-corrected chi connectivity index (χ0v) is 12.7. The first-order valence-corrected chi connectivity index (χ1v) is 8.04. The monoisotopic (exact) mass is 309 g/mol. The fourth-order valence-corrected chi connectivity index (χ4v) is 3.13. The van der Waals surface area contributed by atoms with Crippen LogP contribution in [0.25, 0.3) is 0 Å². The van der Waals surface area contributed by atoms with Gasteiger partial charge in [0.1, 0.15) is 0 Å². The van der Waals surface area contributed by atoms with Crippen LogP contribution in [0.4, 0.5) is 0 Å². The number of hydrogen-bond donors (Lipinski definition) is 2. The number of nitrogens with one attached hydrogen (secondary N) is 1. The number of carboxylic acid groups (broad SMARTS) is 1. The van der Waals surface area contributed by atoms with E-state index in [0.717, 1.165) is 4.90 Å². The van der Waals surface area contributed by atoms with Crippen LogP contribution >= 0.6 is 11.8 Å². The molecule has 6 heteroatoms. The van der Waals surface area contributed by atoms with Gasteiger partial charge < -0.3 is 15.2 Å². The van der Waals surface area contributed by atoms with E-state index < -0.39 is 11.5 Å². The van der Waals surface area contributed by atoms with Crippen LogP contribution in [0.1, 0.15) is 29.6 Å². The predicted octanol–water partition coefficient (Wildman–Crippen LogP) is 2.16. The average Bonchev–Trinajstić information content (AvgIpc) is 2.47. The minimum absolute atomic E-state index is 0.0798. The van der Waals surface area contributed by atoms with E-state index in [1.165, 1.54) is 11.8 Å². The van der Waals surface area contributed by atoms with Crippen molar-refractivity contribution in [2.24, 2.45) is 0 Å². The van der Waals surface area contributed by atoms with Gasteiger partial charge in [-0.1, -0.05) is 12.1 Å². The van der Waals surface area contributed by atoms with E-state index in [0.29, 0.717) is 31.6 Å². The van der Waals surface area contributed by atoms with Gasteiger partial charge in [0.05, 0.1) is 17.5 Å². The number of rotatable bonds is 5. The van der Waals surface area contributed by atoms with Crippen molar-refractivity contribution >= 4 is 23.6 Å². The fourth-order valence-electron chi connectivity index (χ4n) is 2.54. The van der Waals surface area contributed by atoms with Gasteiger partial charge in [0.25, 0.3) is 5.91 Å². The first kappa shape index (κ1) is 15.9. The van der Waals surface area contributed by atoms with Crippen molar-refractivity contribution in [1.29, 1.82) is 0 Å². The SMILES string of the molecule is CSc1ccccc1C(=O)NC1(CC(=O)O)CCOCC1. The number of carbonyl (C=O) groups excluding carboxylic acids is 1. The molecule has 2 rings (SSSR count). The van der Waals surface area contributed by atoms with Crippen LogP contribution in [0.5, 0.6) is 0 Å². The molecule has 1 fully saturated rings. The summed E-state index contributed by atoms with van der Waals surface area (Å²) in [5.74, 6) is -1.13. The summed E-state index contributed by atoms with van der Waals surface area (Å²) in [6, 6.07) is 7.33. The predicted molar refractivity (Wildman–Crippen MR) is 80.7 cm³/mol. The Labute approximate surface area is 128 Å². The molecule has 1 aromatic carbocycles. The van der Waals surface area contributed by atoms with Gasteiger partial charge >= 0.3 is 5.97 Å². The quantitative estimate of drug-likeness (QED) is 0.815. The molecule has 1 heterocycles. The maximum absolute atomic E-state index is 12.5. The van der Waals surface area contributed by atoms with Crippen molar-refractivity contribution in [2.75, 3.05) is 19.5 Å². The molecule has 0 radical (unpaired) electrons. The maximum Gasteiger partial charge on any atom is 0.305 e. The lowest BCUT2D eigenvalue weighted by Gasteiger charge is -2.37. The Hall–Kier alpha value is -1.53. The van der Waals surface area contributed by atoms with E-state index in [4.69, 9.17) is 9.84 Å². The normalized spacial score (nSPS) is 17.2. The third-order valence-corrected chi connectivity index (χ3v) is 4.47. The van der Waals surface area contributed by atoms with Gasteiger partial charge in [-0.2, -0.15) is 0 Å². The molecule has 2 N–H and O–H groups in total. The number of thioether (sulfide) groups is 1. The van der Waals surface area contributed by atoms with Crippen LogP contribution < -0.4 is 5.32 Å². The van der Waals surface area contributed by atoms with E-state index >= 15 is 0 Å². The molecule has 0 aliphatic carbocycles. The summed E-state index contributed by atoms with van der Waals surface area (Å²) < 4.78 is 5.29. The van der Waals surface area contributed by atoms with Gasteiger partial charge in [-0.25, -0.2) is 0 Å². The molecule has 1 aliphatic heterocycles. The first-order valence-electron chi connectivity index (χ1n) is 6.81. The van der Waals surface area contributed by atoms with Crippen molar-refractivity contribution in [3.8, 4) is 0 Å². The lowest BCUT2D eigenvalue weighted by atomic mass is 9.86. The number of carboxylic acids is 1. The van der Waals surface area contributed by atoms with Crippen LogP contribution in [0.2, 0.25) is 0 Å². The molecular weight excluding hydrogens is 290 g/mol. The summed E-state index contributed by atoms with van der Waals surface area (Å²) in [4.78, 5) is 24.5. The minimum atomic E-state index is -0.907. The van der Waals surface area contributed by atoms with Crippen LogP contribution in [0, 0.1) is 0 Å². The van der Waals surface area contributed by atoms with E-state index in [-0.39, 0.29) is 12.3 Å². The van der Waals surface area contributed by atoms with Crippen molar-refractivity contribution in [2.45, 2.75) is 29.7 Å². The molecule has 0 aromatic heterocycles. The molecule has 0 atom stereocenters. The third-order valence-electron chi connectivity index (χ3n) is 3.67. The second kappa shape index (κ2) is 6.95. The third kappa shape index (κ3) is 3.98. The highest BCUT2D eigenvalue weighted by atomic mass is 32.2. The van der Waals surface area contributed by atoms with Gasteiger partial charge in [0.2, 0.25) is 0 Å². The molecule has 5 nitrogen and oxygen atoms in total. The van der Waals surface area contributed by atoms with E-state index in [1.54, 1.807) is 6.07 Å². The Morgan fingerprint density at radius 2 is 2.00 bits per heavy atom. The van der Waals surface area contributed by atoms with Crippen LogP contribution in [-0.2, 0) is 9.53 Å². The number of benzene rings is 1. The standard InChI is InChI=1S/C15H19NO4S/c1-21-12-5-3-2-4-11(12)14(19)16-15(10-13(17)18)6-8-20-9-7-15/h2-5H,6-10H2,1H3,(H,16,19)(H,17,18). The lowest BCUT2D eigenvalue weighted by molar-refractivity contribution is -0.139. The Bertz CT molecular complexity index is 526. The second-order valence-electron chi connectivity index (χ2n) is 5.12. The number of aliphatic carboxylic acids is 1. The van der Waals surface area contributed by atoms with Crippen LogP contribution in [0.3, 0.4) is 0 Å². The number of amides is 1. The fraction of sp³-hybridized carbons (Fsp3) is 0.467. The summed E-state index contributed by atoms with van der Waals surface area (Å²) in [6.07, 6.45) is 2.87. The van der Waals surface area contributed by atoms with Gasteiger partial charge in [-0.3, -0.25) is 9.59 Å². The number of carbonyl (C=O) groups is 2. The lowest BCUT2D eigenvalue weighted by Crippen LogP contribution is -2.53. The van der Waals surface area contributed by atoms with Gasteiger partial charge in [-0.15, -0.1) is 11.8 Å². The summed E-state index contributed by atoms with van der Waals surface area (Å²) in [5.41, 5.74) is -0.131. The Morgan fingerprint density at radius 3 is 2.62 bits per heavy atom. The number of ether oxygens (including phenoxy) is 1. The van der Waals surface area contributed by atoms with Crippen molar-refractivity contribution in [3.63, 3.8) is 0 Å². The Balaban J connectivity index is 2.19. The Kier molecular flexibility index (Phi) is 5.25. The van der Waals surface area contributed by atoms with Gasteiger partial charge in [0, 0.05) is 18.1 Å². The molecule has 1 saturated heterocycles. The zero-order valence-electron chi connectivity index (χ0n) is 11.9. The molecule has 114 valence electrons. The highest BCUT2D eigenvalue weighted by Gasteiger charge is 2.36. The molecule has 0 unspecified atom stereocenters. The molecule has 0 spiro atoms. The van der Waals surface area contributed by atoms with Gasteiger partial charge in [0.15, 0.2) is 0 Å². The smallest absolute Gasteiger partial charge is 0.305 e. The summed E-state index contributed by atoms with van der Waals surface area (Å²) >= 11 is 1.50. The van der Waals surface area contributed by atoms with Crippen molar-refractivity contribution < 1.29 is 19.4 Å². The Morgan fingerprint density at radius 1 is 1.33 bits per heavy atom. The summed E-state index contributed by atoms with van der Waals surface area (Å²) in [6.45, 7) is 0.940. The molecule has 1 aliphatic rings. The van der Waals surface area contributed by atoms with E-state index in [2.05, 4.69) is 5.32 Å². The topological polar surface area (TPSA) is 75.6 Å². The summed E-state index contributed by atoms with van der Waals surface area (Å²) in [7, 11) is 0. The van der Waals surface area contributed by atoms with Gasteiger partial charge in [-0.05, 0) is 31.2 Å². The molecule has 1 aromatic rings. The van der Waals surface area contributed by atoms with E-state index in [9.17, 15) is 9.59 Å². The highest BCUT2D eigenvalue weighted by molar-refractivity contribution is 7.98. The van der Waals surface area contributed by atoms with Crippen molar-refractivity contribution in [3.05, 3.63) is 29.8 Å². The molecule has 1 amide bonds. The van der Waals surface area contributed by atoms with E-state index in [1.807, 2.05) is 24.5 Å². The molecule has 0 bridgehead atoms. The molecular formula is C15H19NO4S. The number of hydrogen-bond acceptors (Lipinski definition) is 4. The van der Waals surface area contributed by atoms with Crippen molar-refractivity contribution in [1.82, 2.24) is 5.32 Å². The molecule has 0 saturated carbocycles. The minimum Gasteiger partial charge on any atom is -0.481 e. The first-order chi connectivity index (χ1) is 10.1. The zero-order chi connectivity index (χ0) is 15.3. The maximum atomic E-state index is 12.5. The average molecular weight is 309 g/mol. The largest absolute Gasteiger partial charge is 0.481 e. The highest BCUT2D eigenvalue weighted by Crippen LogP contribution is 2.27. The van der Waals surface area contributed by atoms with Crippen LogP contribution in [0.15, 0.2) is 29.2 Å². The van der Waals surface area contributed by atoms with Crippen LogP contribution in [-0.4, -0.2) is 42.0 Å².